The van der Waals surface area contributed by atoms with Gasteiger partial charge in [-0.3, -0.25) is 18.6 Å². The van der Waals surface area contributed by atoms with E-state index < -0.39 is 26.5 Å². The Balaban J connectivity index is 3.83. The van der Waals surface area contributed by atoms with E-state index in [9.17, 15) is 19.0 Å². The summed E-state index contributed by atoms with van der Waals surface area (Å²) < 4.78 is 33.3. The first-order valence-corrected chi connectivity index (χ1v) is 41.5. The molecule has 9 nitrogen and oxygen atoms in total. The highest BCUT2D eigenvalue weighted by molar-refractivity contribution is 7.47. The average molecular weight is 1350 g/mol. The number of rotatable bonds is 75. The average Bonchev–Trinajstić information content (AvgIpc) is 2.64. The minimum absolute atomic E-state index is 0.0504. The van der Waals surface area contributed by atoms with Gasteiger partial charge in [-0.2, -0.15) is 0 Å². The molecule has 0 fully saturated rings. The molecule has 0 heterocycles. The number of carbonyl (C=O) groups is 2. The van der Waals surface area contributed by atoms with Gasteiger partial charge in [0.25, 0.3) is 0 Å². The zero-order chi connectivity index (χ0) is 68.6. The first-order chi connectivity index (χ1) is 46.8. The van der Waals surface area contributed by atoms with Gasteiger partial charge in [0.05, 0.1) is 13.2 Å². The van der Waals surface area contributed by atoms with Gasteiger partial charge in [0.2, 0.25) is 0 Å². The fourth-order valence-electron chi connectivity index (χ4n) is 11.5. The van der Waals surface area contributed by atoms with E-state index in [4.69, 9.17) is 24.3 Å². The van der Waals surface area contributed by atoms with Gasteiger partial charge in [-0.05, 0) is 109 Å². The predicted octanol–water partition coefficient (Wildman–Crippen LogP) is 27.0. The molecule has 2 atom stereocenters. The second kappa shape index (κ2) is 79.4. The quantitative estimate of drug-likeness (QED) is 0.0264. The number of phosphoric ester groups is 1. The highest BCUT2D eigenvalue weighted by Gasteiger charge is 2.26. The Morgan fingerprint density at radius 3 is 0.863 bits per heavy atom. The third-order valence-electron chi connectivity index (χ3n) is 17.3. The summed E-state index contributed by atoms with van der Waals surface area (Å²) in [6.45, 7) is 3.66. The summed E-state index contributed by atoms with van der Waals surface area (Å²) in [4.78, 5) is 35.5. The smallest absolute Gasteiger partial charge is 0.462 e. The van der Waals surface area contributed by atoms with Gasteiger partial charge in [0.15, 0.2) is 6.10 Å². The molecule has 0 aliphatic rings. The van der Waals surface area contributed by atoms with Crippen molar-refractivity contribution in [1.29, 1.82) is 0 Å². The lowest BCUT2D eigenvalue weighted by molar-refractivity contribution is -0.161. The van der Waals surface area contributed by atoms with Gasteiger partial charge in [0, 0.05) is 19.4 Å². The van der Waals surface area contributed by atoms with Crippen LogP contribution in [0.25, 0.3) is 0 Å². The van der Waals surface area contributed by atoms with Crippen molar-refractivity contribution in [1.82, 2.24) is 0 Å². The second-order valence-electron chi connectivity index (χ2n) is 26.6. The van der Waals surface area contributed by atoms with Gasteiger partial charge in [0.1, 0.15) is 6.61 Å². The van der Waals surface area contributed by atoms with Crippen molar-refractivity contribution in [3.05, 3.63) is 122 Å². The van der Waals surface area contributed by atoms with Gasteiger partial charge >= 0.3 is 19.8 Å². The molecule has 10 heteroatoms. The fraction of sp³-hybridized carbons (Fsp3) is 0.741. The van der Waals surface area contributed by atoms with E-state index in [0.29, 0.717) is 6.42 Å². The molecule has 0 saturated heterocycles. The summed E-state index contributed by atoms with van der Waals surface area (Å²) in [5, 5.41) is 0. The molecular formula is C85H150NO8P. The second-order valence-corrected chi connectivity index (χ2v) is 28.0. The molecular weight excluding hydrogens is 1190 g/mol. The minimum atomic E-state index is -4.40. The lowest BCUT2D eigenvalue weighted by atomic mass is 10.0. The molecule has 0 bridgehead atoms. The number of hydrogen-bond donors (Lipinski definition) is 2. The molecule has 0 saturated carbocycles. The summed E-state index contributed by atoms with van der Waals surface area (Å²) in [5.74, 6) is -0.819. The van der Waals surface area contributed by atoms with Crippen molar-refractivity contribution in [3.8, 4) is 0 Å². The summed E-state index contributed by atoms with van der Waals surface area (Å²) in [6, 6.07) is 0. The van der Waals surface area contributed by atoms with Gasteiger partial charge < -0.3 is 20.1 Å². The molecule has 0 aliphatic carbocycles. The Morgan fingerprint density at radius 1 is 0.326 bits per heavy atom. The van der Waals surface area contributed by atoms with E-state index in [-0.39, 0.29) is 38.6 Å². The van der Waals surface area contributed by atoms with E-state index in [1.807, 2.05) is 0 Å². The molecule has 0 aromatic heterocycles. The zero-order valence-electron chi connectivity index (χ0n) is 61.9. The largest absolute Gasteiger partial charge is 0.472 e. The number of hydrogen-bond acceptors (Lipinski definition) is 8. The maximum Gasteiger partial charge on any atom is 0.472 e. The van der Waals surface area contributed by atoms with E-state index in [1.165, 1.54) is 244 Å². The Kier molecular flexibility index (Phi) is 76.4. The Labute approximate surface area is 587 Å². The van der Waals surface area contributed by atoms with Crippen LogP contribution in [-0.4, -0.2) is 49.3 Å². The van der Waals surface area contributed by atoms with Crippen LogP contribution in [0.3, 0.4) is 0 Å². The molecule has 2 unspecified atom stereocenters. The standard InChI is InChI=1S/C85H150NO8P/c1-3-5-7-9-11-13-15-17-19-21-23-25-27-29-31-33-35-37-39-41-43-45-47-49-51-53-55-57-59-61-63-65-67-69-71-73-75-77-84(87)91-81-83(82-93-95(89,90)92-80-79-86)94-85(88)78-76-74-72-70-68-66-64-62-60-58-56-54-52-50-48-46-44-42-40-38-36-34-32-30-28-26-24-22-20-18-16-14-12-10-8-6-4-2/h6,8,12,14-15,17-18,20-21,23-24,26,30,32,36,38,42,44,48,50,83H,3-5,7,9-11,13,16,19,22,25,27-29,31,33-35,37,39-41,43,45-47,49,51-82,86H2,1-2H3,(H,89,90)/b8-6-,14-12-,17-15-,20-18-,23-21-,26-24-,32-30-,38-36-,44-42-,50-48-. The van der Waals surface area contributed by atoms with Crippen molar-refractivity contribution in [2.45, 2.75) is 380 Å². The van der Waals surface area contributed by atoms with E-state index in [2.05, 4.69) is 135 Å². The molecule has 0 spiro atoms. The van der Waals surface area contributed by atoms with Crippen LogP contribution in [0.5, 0.6) is 0 Å². The Morgan fingerprint density at radius 2 is 0.579 bits per heavy atom. The number of allylic oxidation sites excluding steroid dienone is 20. The van der Waals surface area contributed by atoms with Gasteiger partial charge in [-0.25, -0.2) is 4.57 Å². The monoisotopic (exact) mass is 1340 g/mol. The van der Waals surface area contributed by atoms with Gasteiger partial charge in [-0.15, -0.1) is 0 Å². The number of ether oxygens (including phenoxy) is 2. The highest BCUT2D eigenvalue weighted by Crippen LogP contribution is 2.43. The molecule has 0 aromatic rings. The lowest BCUT2D eigenvalue weighted by Gasteiger charge is -2.19. The van der Waals surface area contributed by atoms with Crippen LogP contribution >= 0.6 is 7.82 Å². The first-order valence-electron chi connectivity index (χ1n) is 40.0. The molecule has 0 rings (SSSR count). The highest BCUT2D eigenvalue weighted by atomic mass is 31.2. The van der Waals surface area contributed by atoms with E-state index in [0.717, 1.165) is 96.3 Å². The lowest BCUT2D eigenvalue weighted by Crippen LogP contribution is -2.29. The zero-order valence-corrected chi connectivity index (χ0v) is 62.8. The normalized spacial score (nSPS) is 13.5. The van der Waals surface area contributed by atoms with Crippen molar-refractivity contribution in [2.75, 3.05) is 26.4 Å². The molecule has 0 amide bonds. The number of esters is 2. The molecule has 95 heavy (non-hydrogen) atoms. The van der Waals surface area contributed by atoms with Crippen molar-refractivity contribution >= 4 is 19.8 Å². The number of nitrogens with two attached hydrogens (primary N) is 1. The minimum Gasteiger partial charge on any atom is -0.462 e. The molecule has 0 radical (unpaired) electrons. The number of carbonyl (C=O) groups excluding carboxylic acids is 2. The van der Waals surface area contributed by atoms with Crippen LogP contribution in [0.4, 0.5) is 0 Å². The fourth-order valence-corrected chi connectivity index (χ4v) is 12.2. The SMILES string of the molecule is CC/C=C\C/C=C\C/C=C\C/C=C\C/C=C\C/C=C\C/C=C\C/C=C\CCCCCCCCCCCCCCC(=O)OC(COC(=O)CCCCCCCCCCCCCCCCCCCCCCCCCCC/C=C\C/C=C\CCCCCCC)COP(=O)(O)OCCN. The third kappa shape index (κ3) is 79.3. The summed E-state index contributed by atoms with van der Waals surface area (Å²) >= 11 is 0. The van der Waals surface area contributed by atoms with Crippen LogP contribution in [0.2, 0.25) is 0 Å². The van der Waals surface area contributed by atoms with Crippen LogP contribution in [0.15, 0.2) is 122 Å². The number of unbranched alkanes of at least 4 members (excludes halogenated alkanes) is 42. The van der Waals surface area contributed by atoms with Crippen LogP contribution < -0.4 is 5.73 Å². The molecule has 0 aliphatic heterocycles. The molecule has 548 valence electrons. The maximum atomic E-state index is 12.8. The number of phosphoric acid groups is 1. The Bertz CT molecular complexity index is 1980. The summed E-state index contributed by atoms with van der Waals surface area (Å²) in [7, 11) is -4.40. The molecule has 0 aromatic carbocycles. The van der Waals surface area contributed by atoms with Crippen LogP contribution in [0.1, 0.15) is 373 Å². The van der Waals surface area contributed by atoms with Crippen LogP contribution in [-0.2, 0) is 32.7 Å². The predicted molar refractivity (Wildman–Crippen MR) is 413 cm³/mol. The van der Waals surface area contributed by atoms with Crippen molar-refractivity contribution in [3.63, 3.8) is 0 Å². The summed E-state index contributed by atoms with van der Waals surface area (Å²) in [6.07, 6.45) is 112. The van der Waals surface area contributed by atoms with Crippen LogP contribution in [0, 0.1) is 0 Å². The van der Waals surface area contributed by atoms with Crippen molar-refractivity contribution in [2.24, 2.45) is 5.73 Å². The summed E-state index contributed by atoms with van der Waals surface area (Å²) in [5.41, 5.74) is 5.42. The molecule has 3 N–H and O–H groups in total. The maximum absolute atomic E-state index is 12.8. The Hall–Kier alpha value is -3.59. The van der Waals surface area contributed by atoms with E-state index >= 15 is 0 Å². The van der Waals surface area contributed by atoms with Crippen molar-refractivity contribution < 1.29 is 37.6 Å². The van der Waals surface area contributed by atoms with E-state index in [1.54, 1.807) is 0 Å². The third-order valence-corrected chi connectivity index (χ3v) is 18.3. The van der Waals surface area contributed by atoms with Gasteiger partial charge in [-0.1, -0.05) is 373 Å². The topological polar surface area (TPSA) is 134 Å². The first kappa shape index (κ1) is 91.4.